The van der Waals surface area contributed by atoms with Crippen LogP contribution in [0.2, 0.25) is 0 Å². The van der Waals surface area contributed by atoms with Crippen LogP contribution >= 0.6 is 0 Å². The number of hydrogen-bond acceptors (Lipinski definition) is 4. The molecule has 1 atom stereocenters. The normalized spacial score (nSPS) is 12.8. The summed E-state index contributed by atoms with van der Waals surface area (Å²) < 4.78 is 27.0. The average Bonchev–Trinajstić information content (AvgIpc) is 2.55. The Hall–Kier alpha value is -1.89. The highest BCUT2D eigenvalue weighted by Crippen LogP contribution is 2.13. The number of sulfonamides is 1. The third-order valence-electron chi connectivity index (χ3n) is 3.33. The largest absolute Gasteiger partial charge is 0.392 e. The topological polar surface area (TPSA) is 69.6 Å². The zero-order valence-corrected chi connectivity index (χ0v) is 13.9. The van der Waals surface area contributed by atoms with Gasteiger partial charge in [-0.3, -0.25) is 0 Å². The summed E-state index contributed by atoms with van der Waals surface area (Å²) in [5.41, 5.74) is 0.951. The SMILES string of the molecule is C[C@H](O)CN(CCNS(=O)(=O)c1ccccc1)c1ccccc1. The molecule has 0 aromatic heterocycles. The maximum Gasteiger partial charge on any atom is 0.240 e. The van der Waals surface area contributed by atoms with Gasteiger partial charge in [-0.2, -0.15) is 0 Å². The molecule has 2 aromatic carbocycles. The van der Waals surface area contributed by atoms with Crippen molar-refractivity contribution in [2.24, 2.45) is 0 Å². The van der Waals surface area contributed by atoms with Crippen LogP contribution in [-0.2, 0) is 10.0 Å². The maximum absolute atomic E-state index is 12.2. The number of benzene rings is 2. The summed E-state index contributed by atoms with van der Waals surface area (Å²) >= 11 is 0. The number of aliphatic hydroxyl groups is 1. The third kappa shape index (κ3) is 5.35. The molecule has 2 rings (SSSR count). The zero-order valence-electron chi connectivity index (χ0n) is 13.1. The monoisotopic (exact) mass is 334 g/mol. The quantitative estimate of drug-likeness (QED) is 0.773. The highest BCUT2D eigenvalue weighted by molar-refractivity contribution is 7.89. The molecule has 0 unspecified atom stereocenters. The van der Waals surface area contributed by atoms with Crippen molar-refractivity contribution in [1.29, 1.82) is 0 Å². The van der Waals surface area contributed by atoms with Crippen LogP contribution < -0.4 is 9.62 Å². The van der Waals surface area contributed by atoms with E-state index in [1.165, 1.54) is 0 Å². The molecule has 0 saturated carbocycles. The van der Waals surface area contributed by atoms with E-state index in [1.54, 1.807) is 37.3 Å². The summed E-state index contributed by atoms with van der Waals surface area (Å²) in [7, 11) is -3.51. The number of nitrogens with one attached hydrogen (secondary N) is 1. The Bertz CT molecular complexity index is 688. The second-order valence-electron chi connectivity index (χ2n) is 5.34. The summed E-state index contributed by atoms with van der Waals surface area (Å²) in [6, 6.07) is 17.9. The van der Waals surface area contributed by atoms with Gasteiger partial charge in [-0.25, -0.2) is 13.1 Å². The van der Waals surface area contributed by atoms with E-state index in [-0.39, 0.29) is 11.4 Å². The average molecular weight is 334 g/mol. The molecular weight excluding hydrogens is 312 g/mol. The fourth-order valence-electron chi connectivity index (χ4n) is 2.28. The summed E-state index contributed by atoms with van der Waals surface area (Å²) in [6.45, 7) is 2.89. The van der Waals surface area contributed by atoms with Gasteiger partial charge in [-0.15, -0.1) is 0 Å². The second-order valence-corrected chi connectivity index (χ2v) is 7.11. The molecule has 0 spiro atoms. The first-order valence-electron chi connectivity index (χ1n) is 7.52. The number of hydrogen-bond donors (Lipinski definition) is 2. The fraction of sp³-hybridized carbons (Fsp3) is 0.294. The Morgan fingerprint density at radius 1 is 1.04 bits per heavy atom. The highest BCUT2D eigenvalue weighted by atomic mass is 32.2. The summed E-state index contributed by atoms with van der Waals surface area (Å²) in [6.07, 6.45) is -0.499. The Morgan fingerprint density at radius 2 is 1.61 bits per heavy atom. The van der Waals surface area contributed by atoms with Gasteiger partial charge in [-0.05, 0) is 31.2 Å². The molecule has 0 aliphatic carbocycles. The van der Waals surface area contributed by atoms with Gasteiger partial charge < -0.3 is 10.0 Å². The van der Waals surface area contributed by atoms with E-state index in [1.807, 2.05) is 35.2 Å². The smallest absolute Gasteiger partial charge is 0.240 e. The van der Waals surface area contributed by atoms with Crippen LogP contribution in [0.4, 0.5) is 5.69 Å². The molecule has 2 aromatic rings. The summed E-state index contributed by atoms with van der Waals surface area (Å²) in [5, 5.41) is 9.64. The predicted molar refractivity (Wildman–Crippen MR) is 92.0 cm³/mol. The van der Waals surface area contributed by atoms with E-state index in [0.717, 1.165) is 5.69 Å². The number of para-hydroxylation sites is 1. The molecule has 0 bridgehead atoms. The van der Waals surface area contributed by atoms with E-state index >= 15 is 0 Å². The lowest BCUT2D eigenvalue weighted by Crippen LogP contribution is -2.38. The van der Waals surface area contributed by atoms with E-state index in [0.29, 0.717) is 13.1 Å². The van der Waals surface area contributed by atoms with Crippen molar-refractivity contribution >= 4 is 15.7 Å². The molecule has 2 N–H and O–H groups in total. The maximum atomic E-state index is 12.2. The fourth-order valence-corrected chi connectivity index (χ4v) is 3.32. The molecule has 5 nitrogen and oxygen atoms in total. The first-order chi connectivity index (χ1) is 11.0. The van der Waals surface area contributed by atoms with Crippen molar-refractivity contribution in [3.8, 4) is 0 Å². The third-order valence-corrected chi connectivity index (χ3v) is 4.81. The minimum absolute atomic E-state index is 0.252. The minimum atomic E-state index is -3.51. The van der Waals surface area contributed by atoms with Crippen LogP contribution in [0.1, 0.15) is 6.92 Å². The highest BCUT2D eigenvalue weighted by Gasteiger charge is 2.14. The summed E-state index contributed by atoms with van der Waals surface area (Å²) in [5.74, 6) is 0. The van der Waals surface area contributed by atoms with Gasteiger partial charge in [0.25, 0.3) is 0 Å². The Morgan fingerprint density at radius 3 is 2.17 bits per heavy atom. The molecule has 23 heavy (non-hydrogen) atoms. The molecule has 0 heterocycles. The van der Waals surface area contributed by atoms with Gasteiger partial charge in [0.05, 0.1) is 11.0 Å². The molecule has 0 aliphatic rings. The first kappa shape index (κ1) is 17.5. The molecule has 0 amide bonds. The van der Waals surface area contributed by atoms with Crippen LogP contribution in [0.5, 0.6) is 0 Å². The van der Waals surface area contributed by atoms with E-state index in [2.05, 4.69) is 4.72 Å². The van der Waals surface area contributed by atoms with E-state index < -0.39 is 16.1 Å². The van der Waals surface area contributed by atoms with Gasteiger partial charge in [0.15, 0.2) is 0 Å². The van der Waals surface area contributed by atoms with Crippen molar-refractivity contribution in [3.05, 3.63) is 60.7 Å². The molecule has 0 fully saturated rings. The lowest BCUT2D eigenvalue weighted by Gasteiger charge is -2.26. The predicted octanol–water partition coefficient (Wildman–Crippen LogP) is 1.85. The van der Waals surface area contributed by atoms with Crippen molar-refractivity contribution in [1.82, 2.24) is 4.72 Å². The minimum Gasteiger partial charge on any atom is -0.392 e. The second kappa shape index (κ2) is 8.10. The van der Waals surface area contributed by atoms with Crippen LogP contribution in [0.3, 0.4) is 0 Å². The van der Waals surface area contributed by atoms with Gasteiger partial charge in [-0.1, -0.05) is 36.4 Å². The Kier molecular flexibility index (Phi) is 6.15. The zero-order chi connectivity index (χ0) is 16.7. The summed E-state index contributed by atoms with van der Waals surface area (Å²) in [4.78, 5) is 2.21. The van der Waals surface area contributed by atoms with Gasteiger partial charge >= 0.3 is 0 Å². The van der Waals surface area contributed by atoms with E-state index in [9.17, 15) is 13.5 Å². The van der Waals surface area contributed by atoms with Crippen molar-refractivity contribution < 1.29 is 13.5 Å². The molecule has 6 heteroatoms. The number of nitrogens with zero attached hydrogens (tertiary/aromatic N) is 1. The van der Waals surface area contributed by atoms with Gasteiger partial charge in [0.2, 0.25) is 10.0 Å². The molecular formula is C17H22N2O3S. The lowest BCUT2D eigenvalue weighted by atomic mass is 10.2. The van der Waals surface area contributed by atoms with Crippen LogP contribution in [0.15, 0.2) is 65.6 Å². The van der Waals surface area contributed by atoms with Crippen LogP contribution in [0.25, 0.3) is 0 Å². The van der Waals surface area contributed by atoms with Crippen molar-refractivity contribution in [2.75, 3.05) is 24.5 Å². The van der Waals surface area contributed by atoms with Gasteiger partial charge in [0.1, 0.15) is 0 Å². The molecule has 0 aliphatic heterocycles. The Balaban J connectivity index is 1.99. The number of aliphatic hydroxyl groups excluding tert-OH is 1. The number of rotatable bonds is 8. The van der Waals surface area contributed by atoms with Crippen molar-refractivity contribution in [2.45, 2.75) is 17.9 Å². The number of anilines is 1. The molecule has 0 radical (unpaired) electrons. The Labute approximate surface area is 137 Å². The van der Waals surface area contributed by atoms with Crippen molar-refractivity contribution in [3.63, 3.8) is 0 Å². The molecule has 0 saturated heterocycles. The van der Waals surface area contributed by atoms with Crippen LogP contribution in [-0.4, -0.2) is 39.3 Å². The molecule has 124 valence electrons. The van der Waals surface area contributed by atoms with E-state index in [4.69, 9.17) is 0 Å². The van der Waals surface area contributed by atoms with Gasteiger partial charge in [0, 0.05) is 25.3 Å². The first-order valence-corrected chi connectivity index (χ1v) is 9.00. The van der Waals surface area contributed by atoms with Crippen LogP contribution in [0, 0.1) is 0 Å². The standard InChI is InChI=1S/C17H22N2O3S/c1-15(20)14-19(16-8-4-2-5-9-16)13-12-18-23(21,22)17-10-6-3-7-11-17/h2-11,15,18,20H,12-14H2,1H3/t15-/m0/s1. The lowest BCUT2D eigenvalue weighted by molar-refractivity contribution is 0.200.